The van der Waals surface area contributed by atoms with E-state index in [1.165, 1.54) is 16.6 Å². The third kappa shape index (κ3) is 4.33. The van der Waals surface area contributed by atoms with Gasteiger partial charge in [0.05, 0.1) is 17.2 Å². The van der Waals surface area contributed by atoms with E-state index in [0.29, 0.717) is 17.6 Å². The Hall–Kier alpha value is -2.32. The van der Waals surface area contributed by atoms with Gasteiger partial charge in [0.2, 0.25) is 5.91 Å². The number of aromatic nitrogens is 2. The Labute approximate surface area is 166 Å². The lowest BCUT2D eigenvalue weighted by Crippen LogP contribution is -2.22. The number of anilines is 2. The fourth-order valence-electron chi connectivity index (χ4n) is 2.57. The highest BCUT2D eigenvalue weighted by Gasteiger charge is 2.19. The van der Waals surface area contributed by atoms with Crippen molar-refractivity contribution >= 4 is 50.7 Å². The molecule has 0 radical (unpaired) electrons. The molecule has 3 rings (SSSR count). The molecule has 0 saturated carbocycles. The molecule has 1 unspecified atom stereocenters. The first kappa shape index (κ1) is 19.4. The number of thiophene rings is 1. The average Bonchev–Trinajstić information content (AvgIpc) is 2.91. The Morgan fingerprint density at radius 3 is 2.67 bits per heavy atom. The molecule has 0 fully saturated rings. The van der Waals surface area contributed by atoms with Crippen LogP contribution in [0.15, 0.2) is 29.4 Å². The summed E-state index contributed by atoms with van der Waals surface area (Å²) in [6, 6.07) is 7.29. The summed E-state index contributed by atoms with van der Waals surface area (Å²) >= 11 is 2.89. The number of ether oxygens (including phenoxy) is 1. The zero-order valence-electron chi connectivity index (χ0n) is 15.7. The molecule has 8 heteroatoms. The Balaban J connectivity index is 1.70. The molecule has 1 atom stereocenters. The third-order valence-electron chi connectivity index (χ3n) is 4.12. The van der Waals surface area contributed by atoms with E-state index in [-0.39, 0.29) is 11.2 Å². The second-order valence-corrected chi connectivity index (χ2v) is 8.57. The van der Waals surface area contributed by atoms with Gasteiger partial charge >= 0.3 is 0 Å². The molecule has 0 spiro atoms. The van der Waals surface area contributed by atoms with Crippen LogP contribution in [0.2, 0.25) is 0 Å². The van der Waals surface area contributed by atoms with E-state index in [1.807, 2.05) is 52.0 Å². The van der Waals surface area contributed by atoms with Crippen LogP contribution in [0.5, 0.6) is 5.75 Å². The van der Waals surface area contributed by atoms with Gasteiger partial charge in [-0.05, 0) is 57.5 Å². The molecule has 27 heavy (non-hydrogen) atoms. The zero-order chi connectivity index (χ0) is 19.6. The van der Waals surface area contributed by atoms with Gasteiger partial charge in [0.15, 0.2) is 5.16 Å². The van der Waals surface area contributed by atoms with Crippen LogP contribution in [0.3, 0.4) is 0 Å². The van der Waals surface area contributed by atoms with Gasteiger partial charge in [-0.15, -0.1) is 11.3 Å². The van der Waals surface area contributed by atoms with Crippen molar-refractivity contribution in [2.75, 3.05) is 17.7 Å². The number of carbonyl (C=O) groups is 1. The highest BCUT2D eigenvalue weighted by Crippen LogP contribution is 2.34. The summed E-state index contributed by atoms with van der Waals surface area (Å²) in [5.74, 6) is 1.12. The summed E-state index contributed by atoms with van der Waals surface area (Å²) in [5, 5.41) is 3.95. The summed E-state index contributed by atoms with van der Waals surface area (Å²) in [6.07, 6.45) is 0. The second-order valence-electron chi connectivity index (χ2n) is 6.06. The maximum Gasteiger partial charge on any atom is 0.237 e. The first-order valence-electron chi connectivity index (χ1n) is 8.62. The number of aryl methyl sites for hydroxylation is 2. The SMILES string of the molecule is CCOc1ccc(NC(=O)C(C)Sc2nc(N)c3c(C)c(C)sc3n2)cc1. The molecule has 1 aromatic carbocycles. The van der Waals surface area contributed by atoms with E-state index in [2.05, 4.69) is 15.3 Å². The Bertz CT molecular complexity index is 970. The normalized spacial score (nSPS) is 12.1. The van der Waals surface area contributed by atoms with Gasteiger partial charge in [-0.25, -0.2) is 9.97 Å². The van der Waals surface area contributed by atoms with Crippen LogP contribution in [0, 0.1) is 13.8 Å². The van der Waals surface area contributed by atoms with Gasteiger partial charge in [-0.3, -0.25) is 4.79 Å². The van der Waals surface area contributed by atoms with Crippen molar-refractivity contribution in [1.82, 2.24) is 9.97 Å². The summed E-state index contributed by atoms with van der Waals surface area (Å²) in [4.78, 5) is 23.5. The lowest BCUT2D eigenvalue weighted by molar-refractivity contribution is -0.115. The van der Waals surface area contributed by atoms with Crippen LogP contribution in [-0.2, 0) is 4.79 Å². The lowest BCUT2D eigenvalue weighted by Gasteiger charge is -2.12. The van der Waals surface area contributed by atoms with Gasteiger partial charge in [-0.1, -0.05) is 11.8 Å². The molecule has 2 heterocycles. The molecule has 0 saturated heterocycles. The van der Waals surface area contributed by atoms with Crippen LogP contribution in [-0.4, -0.2) is 27.7 Å². The number of amides is 1. The number of nitrogens with zero attached hydrogens (tertiary/aromatic N) is 2. The second kappa shape index (κ2) is 8.14. The molecular formula is C19H22N4O2S2. The molecule has 0 bridgehead atoms. The van der Waals surface area contributed by atoms with E-state index in [0.717, 1.165) is 27.2 Å². The zero-order valence-corrected chi connectivity index (χ0v) is 17.3. The van der Waals surface area contributed by atoms with Gasteiger partial charge in [0, 0.05) is 10.6 Å². The first-order valence-corrected chi connectivity index (χ1v) is 10.3. The molecule has 3 aromatic rings. The maximum absolute atomic E-state index is 12.5. The predicted octanol–water partition coefficient (Wildman–Crippen LogP) is 4.41. The molecule has 0 aliphatic heterocycles. The third-order valence-corrected chi connectivity index (χ3v) is 6.18. The lowest BCUT2D eigenvalue weighted by atomic mass is 10.2. The number of thioether (sulfide) groups is 1. The van der Waals surface area contributed by atoms with Crippen LogP contribution in [0.4, 0.5) is 11.5 Å². The number of rotatable bonds is 6. The van der Waals surface area contributed by atoms with Crippen molar-refractivity contribution in [3.8, 4) is 5.75 Å². The summed E-state index contributed by atoms with van der Waals surface area (Å²) in [6.45, 7) is 8.42. The minimum absolute atomic E-state index is 0.120. The molecular weight excluding hydrogens is 380 g/mol. The number of nitrogens with one attached hydrogen (secondary N) is 1. The molecule has 0 aliphatic carbocycles. The average molecular weight is 403 g/mol. The van der Waals surface area contributed by atoms with E-state index >= 15 is 0 Å². The Morgan fingerprint density at radius 1 is 1.30 bits per heavy atom. The van der Waals surface area contributed by atoms with Gasteiger partial charge < -0.3 is 15.8 Å². The molecule has 2 aromatic heterocycles. The van der Waals surface area contributed by atoms with Gasteiger partial charge in [0.25, 0.3) is 0 Å². The smallest absolute Gasteiger partial charge is 0.237 e. The number of nitrogens with two attached hydrogens (primary N) is 1. The number of hydrogen-bond donors (Lipinski definition) is 2. The summed E-state index contributed by atoms with van der Waals surface area (Å²) in [5.41, 5.74) is 7.95. The van der Waals surface area contributed by atoms with Gasteiger partial charge in [-0.2, -0.15) is 0 Å². The van der Waals surface area contributed by atoms with Crippen LogP contribution >= 0.6 is 23.1 Å². The molecule has 3 N–H and O–H groups in total. The largest absolute Gasteiger partial charge is 0.494 e. The molecule has 0 aliphatic rings. The van der Waals surface area contributed by atoms with Gasteiger partial charge in [0.1, 0.15) is 16.4 Å². The number of nitrogen functional groups attached to an aromatic ring is 1. The van der Waals surface area contributed by atoms with Crippen molar-refractivity contribution in [1.29, 1.82) is 0 Å². The van der Waals surface area contributed by atoms with E-state index in [4.69, 9.17) is 10.5 Å². The minimum Gasteiger partial charge on any atom is -0.494 e. The minimum atomic E-state index is -0.365. The van der Waals surface area contributed by atoms with Crippen molar-refractivity contribution in [2.24, 2.45) is 0 Å². The van der Waals surface area contributed by atoms with E-state index in [1.54, 1.807) is 11.3 Å². The van der Waals surface area contributed by atoms with Crippen molar-refractivity contribution in [3.05, 3.63) is 34.7 Å². The monoisotopic (exact) mass is 402 g/mol. The summed E-state index contributed by atoms with van der Waals surface area (Å²) < 4.78 is 5.40. The highest BCUT2D eigenvalue weighted by molar-refractivity contribution is 8.00. The van der Waals surface area contributed by atoms with Crippen LogP contribution in [0.25, 0.3) is 10.2 Å². The van der Waals surface area contributed by atoms with Crippen LogP contribution in [0.1, 0.15) is 24.3 Å². The van der Waals surface area contributed by atoms with Crippen molar-refractivity contribution < 1.29 is 9.53 Å². The van der Waals surface area contributed by atoms with Crippen LogP contribution < -0.4 is 15.8 Å². The first-order chi connectivity index (χ1) is 12.9. The predicted molar refractivity (Wildman–Crippen MR) is 113 cm³/mol. The Morgan fingerprint density at radius 2 is 2.00 bits per heavy atom. The summed E-state index contributed by atoms with van der Waals surface area (Å²) in [7, 11) is 0. The maximum atomic E-state index is 12.5. The number of hydrogen-bond acceptors (Lipinski definition) is 7. The van der Waals surface area contributed by atoms with Crippen molar-refractivity contribution in [3.63, 3.8) is 0 Å². The Kier molecular flexibility index (Phi) is 5.86. The fraction of sp³-hybridized carbons (Fsp3) is 0.316. The highest BCUT2D eigenvalue weighted by atomic mass is 32.2. The van der Waals surface area contributed by atoms with Crippen molar-refractivity contribution in [2.45, 2.75) is 38.1 Å². The standard InChI is InChI=1S/C19H22N4O2S2/c1-5-25-14-8-6-13(7-9-14)21-17(24)12(4)27-19-22-16(20)15-10(2)11(3)26-18(15)23-19/h6-9,12H,5H2,1-4H3,(H,21,24)(H2,20,22,23). The number of benzene rings is 1. The quantitative estimate of drug-likeness (QED) is 0.469. The van der Waals surface area contributed by atoms with E-state index < -0.39 is 0 Å². The molecule has 6 nitrogen and oxygen atoms in total. The topological polar surface area (TPSA) is 90.1 Å². The molecule has 1 amide bonds. The molecule has 142 valence electrons. The number of carbonyl (C=O) groups excluding carboxylic acids is 1. The fourth-order valence-corrected chi connectivity index (χ4v) is 4.44. The van der Waals surface area contributed by atoms with E-state index in [9.17, 15) is 4.79 Å². The number of fused-ring (bicyclic) bond motifs is 1.